The monoisotopic (exact) mass is 296 g/mol. The average molecular weight is 296 g/mol. The van der Waals surface area contributed by atoms with Gasteiger partial charge in [0.1, 0.15) is 5.60 Å². The highest BCUT2D eigenvalue weighted by Crippen LogP contribution is 2.06. The average Bonchev–Trinajstić information content (AvgIpc) is 2.87. The topological polar surface area (TPSA) is 68.2 Å². The van der Waals surface area contributed by atoms with Crippen molar-refractivity contribution in [1.29, 1.82) is 0 Å². The van der Waals surface area contributed by atoms with Crippen molar-refractivity contribution < 1.29 is 9.53 Å². The van der Waals surface area contributed by atoms with E-state index in [0.717, 1.165) is 25.9 Å². The van der Waals surface area contributed by atoms with Crippen molar-refractivity contribution in [2.24, 2.45) is 0 Å². The fraction of sp³-hybridized carbons (Fsp3) is 0.733. The molecule has 1 aromatic rings. The minimum absolute atomic E-state index is 0.228. The molecule has 6 heteroatoms. The van der Waals surface area contributed by atoms with E-state index in [1.807, 2.05) is 40.2 Å². The van der Waals surface area contributed by atoms with Crippen LogP contribution in [0.3, 0.4) is 0 Å². The Labute approximate surface area is 127 Å². The molecule has 1 amide bonds. The predicted molar refractivity (Wildman–Crippen MR) is 83.2 cm³/mol. The van der Waals surface area contributed by atoms with Crippen LogP contribution >= 0.6 is 0 Å². The largest absolute Gasteiger partial charge is 0.444 e. The molecule has 1 aromatic heterocycles. The van der Waals surface area contributed by atoms with E-state index in [-0.39, 0.29) is 12.1 Å². The molecule has 0 bridgehead atoms. The van der Waals surface area contributed by atoms with Crippen LogP contribution in [0, 0.1) is 0 Å². The summed E-state index contributed by atoms with van der Waals surface area (Å²) >= 11 is 0. The van der Waals surface area contributed by atoms with Crippen molar-refractivity contribution in [3.05, 3.63) is 18.7 Å². The van der Waals surface area contributed by atoms with E-state index < -0.39 is 5.60 Å². The second-order valence-electron chi connectivity index (χ2n) is 6.25. The maximum absolute atomic E-state index is 11.5. The van der Waals surface area contributed by atoms with Gasteiger partial charge in [-0.15, -0.1) is 0 Å². The Balaban J connectivity index is 2.01. The summed E-state index contributed by atoms with van der Waals surface area (Å²) in [7, 11) is 0. The Hall–Kier alpha value is -1.56. The lowest BCUT2D eigenvalue weighted by atomic mass is 10.2. The number of carbonyl (C=O) groups excluding carboxylic acids is 1. The van der Waals surface area contributed by atoms with Gasteiger partial charge in [0.05, 0.1) is 6.33 Å². The molecule has 1 heterocycles. The molecule has 120 valence electrons. The zero-order chi connectivity index (χ0) is 15.7. The number of alkyl carbamates (subject to hydrolysis) is 1. The molecular formula is C15H28N4O2. The summed E-state index contributed by atoms with van der Waals surface area (Å²) in [5.74, 6) is 0. The normalized spacial score (nSPS) is 13.0. The van der Waals surface area contributed by atoms with E-state index in [1.54, 1.807) is 6.20 Å². The first-order valence-electron chi connectivity index (χ1n) is 7.53. The first-order valence-corrected chi connectivity index (χ1v) is 7.53. The molecule has 0 aliphatic rings. The highest BCUT2D eigenvalue weighted by molar-refractivity contribution is 5.67. The van der Waals surface area contributed by atoms with Crippen LogP contribution in [0.15, 0.2) is 18.7 Å². The highest BCUT2D eigenvalue weighted by Gasteiger charge is 2.16. The maximum Gasteiger partial charge on any atom is 0.407 e. The molecule has 6 nitrogen and oxygen atoms in total. The smallest absolute Gasteiger partial charge is 0.407 e. The van der Waals surface area contributed by atoms with Crippen LogP contribution in [-0.4, -0.2) is 40.4 Å². The number of aromatic nitrogens is 2. The lowest BCUT2D eigenvalue weighted by Gasteiger charge is -2.21. The van der Waals surface area contributed by atoms with E-state index >= 15 is 0 Å². The van der Waals surface area contributed by atoms with E-state index in [1.165, 1.54) is 0 Å². The number of rotatable bonds is 8. The number of nitrogens with one attached hydrogen (secondary N) is 2. The van der Waals surface area contributed by atoms with Crippen LogP contribution in [0.25, 0.3) is 0 Å². The van der Waals surface area contributed by atoms with Gasteiger partial charge in [-0.1, -0.05) is 0 Å². The highest BCUT2D eigenvalue weighted by atomic mass is 16.6. The van der Waals surface area contributed by atoms with Crippen LogP contribution in [0.2, 0.25) is 0 Å². The van der Waals surface area contributed by atoms with Gasteiger partial charge in [0, 0.05) is 31.5 Å². The number of ether oxygens (including phenoxy) is 1. The van der Waals surface area contributed by atoms with E-state index in [9.17, 15) is 4.79 Å². The second-order valence-corrected chi connectivity index (χ2v) is 6.25. The molecule has 0 saturated heterocycles. The maximum atomic E-state index is 11.5. The van der Waals surface area contributed by atoms with Crippen molar-refractivity contribution in [3.8, 4) is 0 Å². The van der Waals surface area contributed by atoms with Gasteiger partial charge in [0.2, 0.25) is 0 Å². The van der Waals surface area contributed by atoms with Crippen molar-refractivity contribution in [2.45, 2.75) is 58.7 Å². The van der Waals surface area contributed by atoms with Crippen molar-refractivity contribution >= 4 is 6.09 Å². The fourth-order valence-electron chi connectivity index (χ4n) is 1.81. The lowest BCUT2D eigenvalue weighted by Crippen LogP contribution is -2.41. The van der Waals surface area contributed by atoms with Crippen LogP contribution in [0.1, 0.15) is 40.5 Å². The second kappa shape index (κ2) is 8.67. The van der Waals surface area contributed by atoms with Crippen molar-refractivity contribution in [2.75, 3.05) is 13.1 Å². The van der Waals surface area contributed by atoms with Gasteiger partial charge in [0.15, 0.2) is 0 Å². The minimum atomic E-state index is -0.450. The Kier molecular flexibility index (Phi) is 7.22. The molecule has 0 fully saturated rings. The van der Waals surface area contributed by atoms with Crippen LogP contribution in [-0.2, 0) is 11.3 Å². The number of unbranched alkanes of at least 4 members (excludes halogenated alkanes) is 1. The molecule has 2 N–H and O–H groups in total. The molecule has 0 aliphatic carbocycles. The Morgan fingerprint density at radius 2 is 2.14 bits per heavy atom. The standard InChI is InChI=1S/C15H28N4O2/c1-13(11-18-14(20)21-15(2,3)4)17-7-5-6-9-19-10-8-16-12-19/h8,10,12-13,17H,5-7,9,11H2,1-4H3,(H,18,20). The number of carbonyl (C=O) groups is 1. The summed E-state index contributed by atoms with van der Waals surface area (Å²) in [5.41, 5.74) is -0.450. The number of aryl methyl sites for hydroxylation is 1. The summed E-state index contributed by atoms with van der Waals surface area (Å²) in [6, 6.07) is 0.228. The molecule has 21 heavy (non-hydrogen) atoms. The van der Waals surface area contributed by atoms with Crippen molar-refractivity contribution in [3.63, 3.8) is 0 Å². The van der Waals surface area contributed by atoms with Crippen LogP contribution in [0.4, 0.5) is 4.79 Å². The van der Waals surface area contributed by atoms with Gasteiger partial charge in [0.25, 0.3) is 0 Å². The number of nitrogens with zero attached hydrogens (tertiary/aromatic N) is 2. The van der Waals surface area contributed by atoms with Gasteiger partial charge in [-0.2, -0.15) is 0 Å². The number of amides is 1. The van der Waals surface area contributed by atoms with Gasteiger partial charge in [-0.05, 0) is 47.1 Å². The van der Waals surface area contributed by atoms with Crippen LogP contribution in [0.5, 0.6) is 0 Å². The summed E-state index contributed by atoms with van der Waals surface area (Å²) < 4.78 is 7.26. The SMILES string of the molecule is CC(CNC(=O)OC(C)(C)C)NCCCCn1ccnc1. The predicted octanol–water partition coefficient (Wildman–Crippen LogP) is 2.17. The number of hydrogen-bond acceptors (Lipinski definition) is 4. The molecule has 0 radical (unpaired) electrons. The summed E-state index contributed by atoms with van der Waals surface area (Å²) in [6.07, 6.45) is 7.44. The molecule has 0 aromatic carbocycles. The van der Waals surface area contributed by atoms with Crippen molar-refractivity contribution in [1.82, 2.24) is 20.2 Å². The third-order valence-corrected chi connectivity index (χ3v) is 2.85. The molecule has 1 unspecified atom stereocenters. The van der Waals surface area contributed by atoms with Crippen LogP contribution < -0.4 is 10.6 Å². The third-order valence-electron chi connectivity index (χ3n) is 2.85. The van der Waals surface area contributed by atoms with Gasteiger partial charge < -0.3 is 19.9 Å². The Bertz CT molecular complexity index is 398. The van der Waals surface area contributed by atoms with E-state index in [0.29, 0.717) is 6.54 Å². The summed E-state index contributed by atoms with van der Waals surface area (Å²) in [4.78, 5) is 15.5. The molecule has 1 atom stereocenters. The Morgan fingerprint density at radius 3 is 2.76 bits per heavy atom. The van der Waals surface area contributed by atoms with E-state index in [2.05, 4.69) is 20.2 Å². The van der Waals surface area contributed by atoms with Gasteiger partial charge in [-0.25, -0.2) is 9.78 Å². The summed E-state index contributed by atoms with van der Waals surface area (Å²) in [5, 5.41) is 6.15. The first-order chi connectivity index (χ1) is 9.87. The number of hydrogen-bond donors (Lipinski definition) is 2. The fourth-order valence-corrected chi connectivity index (χ4v) is 1.81. The zero-order valence-corrected chi connectivity index (χ0v) is 13.6. The molecular weight excluding hydrogens is 268 g/mol. The van der Waals surface area contributed by atoms with E-state index in [4.69, 9.17) is 4.74 Å². The molecule has 0 aliphatic heterocycles. The first kappa shape index (κ1) is 17.5. The van der Waals surface area contributed by atoms with Gasteiger partial charge >= 0.3 is 6.09 Å². The third kappa shape index (κ3) is 9.07. The summed E-state index contributed by atoms with van der Waals surface area (Å²) in [6.45, 7) is 10.1. The minimum Gasteiger partial charge on any atom is -0.444 e. The molecule has 1 rings (SSSR count). The lowest BCUT2D eigenvalue weighted by molar-refractivity contribution is 0.0523. The molecule has 0 spiro atoms. The molecule has 0 saturated carbocycles. The quantitative estimate of drug-likeness (QED) is 0.721. The van der Waals surface area contributed by atoms with Gasteiger partial charge in [-0.3, -0.25) is 0 Å². The number of imidazole rings is 1. The Morgan fingerprint density at radius 1 is 1.38 bits per heavy atom. The zero-order valence-electron chi connectivity index (χ0n) is 13.6.